The third-order valence-electron chi connectivity index (χ3n) is 6.13. The summed E-state index contributed by atoms with van der Waals surface area (Å²) in [6.07, 6.45) is 5.52. The largest absolute Gasteiger partial charge is 0.349 e. The van der Waals surface area contributed by atoms with Gasteiger partial charge in [-0.1, -0.05) is 31.4 Å². The van der Waals surface area contributed by atoms with Crippen LogP contribution >= 0.6 is 0 Å². The van der Waals surface area contributed by atoms with Crippen LogP contribution in [0.2, 0.25) is 0 Å². The van der Waals surface area contributed by atoms with Gasteiger partial charge in [0.05, 0.1) is 0 Å². The summed E-state index contributed by atoms with van der Waals surface area (Å²) in [7, 11) is 0. The minimum atomic E-state index is -0.666. The van der Waals surface area contributed by atoms with E-state index >= 15 is 0 Å². The molecule has 0 radical (unpaired) electrons. The maximum absolute atomic E-state index is 12.9. The Hall–Kier alpha value is -1.88. The highest BCUT2D eigenvalue weighted by molar-refractivity contribution is 5.95. The summed E-state index contributed by atoms with van der Waals surface area (Å²) in [5.74, 6) is 0.430. The van der Waals surface area contributed by atoms with Crippen molar-refractivity contribution in [2.45, 2.75) is 90.6 Å². The number of hydrogen-bond donors (Lipinski definition) is 1. The molecule has 2 aliphatic rings. The van der Waals surface area contributed by atoms with Crippen LogP contribution in [0.4, 0.5) is 0 Å². The average molecular weight is 387 g/mol. The fourth-order valence-corrected chi connectivity index (χ4v) is 4.76. The van der Waals surface area contributed by atoms with Crippen LogP contribution in [0.15, 0.2) is 24.3 Å². The van der Waals surface area contributed by atoms with Crippen LogP contribution in [0.5, 0.6) is 0 Å². The molecule has 1 aromatic rings. The fourth-order valence-electron chi connectivity index (χ4n) is 4.76. The van der Waals surface area contributed by atoms with Gasteiger partial charge in [0.25, 0.3) is 11.8 Å². The molecule has 2 fully saturated rings. The van der Waals surface area contributed by atoms with Gasteiger partial charge in [0.1, 0.15) is 5.72 Å². The summed E-state index contributed by atoms with van der Waals surface area (Å²) in [6.45, 7) is 9.90. The lowest BCUT2D eigenvalue weighted by Crippen LogP contribution is -2.46. The Morgan fingerprint density at radius 1 is 1.18 bits per heavy atom. The van der Waals surface area contributed by atoms with E-state index in [0.29, 0.717) is 11.5 Å². The van der Waals surface area contributed by atoms with Gasteiger partial charge >= 0.3 is 0 Å². The number of amides is 2. The Labute approximate surface area is 168 Å². The number of benzene rings is 1. The summed E-state index contributed by atoms with van der Waals surface area (Å²) in [5, 5.41) is 3.16. The van der Waals surface area contributed by atoms with Crippen LogP contribution in [0, 0.1) is 5.92 Å². The highest BCUT2D eigenvalue weighted by Gasteiger charge is 2.47. The molecule has 1 unspecified atom stereocenters. The molecular formula is C23H34N2O3. The molecule has 5 heteroatoms. The zero-order valence-electron chi connectivity index (χ0n) is 17.8. The van der Waals surface area contributed by atoms with E-state index in [2.05, 4.69) is 12.2 Å². The predicted octanol–water partition coefficient (Wildman–Crippen LogP) is 4.43. The number of carbonyl (C=O) groups excluding carboxylic acids is 2. The van der Waals surface area contributed by atoms with Crippen LogP contribution in [0.25, 0.3) is 0 Å². The molecule has 1 saturated heterocycles. The quantitative estimate of drug-likeness (QED) is 0.814. The highest BCUT2D eigenvalue weighted by Crippen LogP contribution is 2.38. The minimum Gasteiger partial charge on any atom is -0.349 e. The van der Waals surface area contributed by atoms with Crippen molar-refractivity contribution in [3.05, 3.63) is 35.4 Å². The van der Waals surface area contributed by atoms with E-state index in [-0.39, 0.29) is 23.9 Å². The van der Waals surface area contributed by atoms with Crippen molar-refractivity contribution in [3.8, 4) is 0 Å². The maximum atomic E-state index is 12.9. The van der Waals surface area contributed by atoms with E-state index in [1.165, 1.54) is 32.1 Å². The smallest absolute Gasteiger partial charge is 0.258 e. The van der Waals surface area contributed by atoms with E-state index < -0.39 is 11.8 Å². The van der Waals surface area contributed by atoms with Crippen LogP contribution < -0.4 is 5.32 Å². The Morgan fingerprint density at radius 2 is 1.86 bits per heavy atom. The summed E-state index contributed by atoms with van der Waals surface area (Å²) in [4.78, 5) is 27.5. The Morgan fingerprint density at radius 3 is 2.46 bits per heavy atom. The van der Waals surface area contributed by atoms with Crippen LogP contribution in [0.1, 0.15) is 88.7 Å². The maximum Gasteiger partial charge on any atom is 0.258 e. The molecule has 1 aromatic carbocycles. The Bertz CT molecular complexity index is 722. The molecule has 0 aromatic heterocycles. The van der Waals surface area contributed by atoms with Gasteiger partial charge in [-0.2, -0.15) is 0 Å². The first kappa shape index (κ1) is 20.8. The van der Waals surface area contributed by atoms with Gasteiger partial charge < -0.3 is 15.0 Å². The monoisotopic (exact) mass is 386 g/mol. The molecule has 2 amide bonds. The molecule has 0 bridgehead atoms. The standard InChI is InChI=1S/C23H34N2O3/c1-15(2)25-22(27)20(28-23(25,4)5)18-12-9-13-19(14-18)21(26)24-16(3)17-10-7-6-8-11-17/h9,12-17,20H,6-8,10-11H2,1-5H3,(H,24,26)/t16-,20?/m1/s1. The summed E-state index contributed by atoms with van der Waals surface area (Å²) < 4.78 is 6.08. The van der Waals surface area contributed by atoms with Gasteiger partial charge in [-0.15, -0.1) is 0 Å². The lowest BCUT2D eigenvalue weighted by atomic mass is 9.84. The first-order valence-corrected chi connectivity index (χ1v) is 10.6. The summed E-state index contributed by atoms with van der Waals surface area (Å²) >= 11 is 0. The van der Waals surface area contributed by atoms with Crippen molar-refractivity contribution < 1.29 is 14.3 Å². The van der Waals surface area contributed by atoms with Gasteiger partial charge in [0, 0.05) is 17.6 Å². The van der Waals surface area contributed by atoms with Gasteiger partial charge in [0.2, 0.25) is 0 Å². The summed E-state index contributed by atoms with van der Waals surface area (Å²) in [6, 6.07) is 7.51. The average Bonchev–Trinajstić information content (AvgIpc) is 2.91. The number of nitrogens with one attached hydrogen (secondary N) is 1. The van der Waals surface area contributed by atoms with Gasteiger partial charge in [-0.05, 0) is 71.1 Å². The van der Waals surface area contributed by atoms with Crippen molar-refractivity contribution in [2.24, 2.45) is 5.92 Å². The van der Waals surface area contributed by atoms with E-state index in [9.17, 15) is 9.59 Å². The SMILES string of the molecule is CC(C)N1C(=O)C(c2cccc(C(=O)N[C@H](C)C3CCCCC3)c2)OC1(C)C. The third-order valence-corrected chi connectivity index (χ3v) is 6.13. The van der Waals surface area contributed by atoms with Crippen molar-refractivity contribution in [1.82, 2.24) is 10.2 Å². The molecule has 28 heavy (non-hydrogen) atoms. The minimum absolute atomic E-state index is 0.0480. The van der Waals surface area contributed by atoms with E-state index in [1.54, 1.807) is 17.0 Å². The van der Waals surface area contributed by atoms with E-state index in [4.69, 9.17) is 4.74 Å². The Balaban J connectivity index is 1.73. The van der Waals surface area contributed by atoms with Crippen molar-refractivity contribution in [3.63, 3.8) is 0 Å². The second-order valence-corrected chi connectivity index (χ2v) is 9.03. The van der Waals surface area contributed by atoms with Crippen molar-refractivity contribution >= 4 is 11.8 Å². The molecule has 154 valence electrons. The van der Waals surface area contributed by atoms with Crippen molar-refractivity contribution in [2.75, 3.05) is 0 Å². The molecule has 2 atom stereocenters. The van der Waals surface area contributed by atoms with Gasteiger partial charge in [-0.3, -0.25) is 9.59 Å². The molecule has 0 spiro atoms. The number of ether oxygens (including phenoxy) is 1. The highest BCUT2D eigenvalue weighted by atomic mass is 16.5. The van der Waals surface area contributed by atoms with Gasteiger partial charge in [-0.25, -0.2) is 0 Å². The lowest BCUT2D eigenvalue weighted by molar-refractivity contribution is -0.134. The number of rotatable bonds is 5. The normalized spacial score (nSPS) is 23.9. The predicted molar refractivity (Wildman–Crippen MR) is 110 cm³/mol. The van der Waals surface area contributed by atoms with Crippen LogP contribution in [0.3, 0.4) is 0 Å². The number of carbonyl (C=O) groups is 2. The number of nitrogens with zero attached hydrogens (tertiary/aromatic N) is 1. The molecule has 1 aliphatic carbocycles. The fraction of sp³-hybridized carbons (Fsp3) is 0.652. The first-order valence-electron chi connectivity index (χ1n) is 10.6. The van der Waals surface area contributed by atoms with Crippen LogP contribution in [-0.4, -0.2) is 34.5 Å². The summed E-state index contributed by atoms with van der Waals surface area (Å²) in [5.41, 5.74) is 0.653. The zero-order valence-corrected chi connectivity index (χ0v) is 17.8. The molecule has 1 saturated carbocycles. The first-order chi connectivity index (χ1) is 13.2. The zero-order chi connectivity index (χ0) is 20.5. The van der Waals surface area contributed by atoms with E-state index in [1.807, 2.05) is 39.8 Å². The van der Waals surface area contributed by atoms with Crippen LogP contribution in [-0.2, 0) is 9.53 Å². The topological polar surface area (TPSA) is 58.6 Å². The van der Waals surface area contributed by atoms with Crippen molar-refractivity contribution in [1.29, 1.82) is 0 Å². The Kier molecular flexibility index (Phi) is 6.13. The molecular weight excluding hydrogens is 352 g/mol. The molecule has 1 N–H and O–H groups in total. The second-order valence-electron chi connectivity index (χ2n) is 9.03. The molecule has 1 heterocycles. The van der Waals surface area contributed by atoms with E-state index in [0.717, 1.165) is 5.56 Å². The third kappa shape index (κ3) is 4.24. The lowest BCUT2D eigenvalue weighted by Gasteiger charge is -2.32. The number of hydrogen-bond acceptors (Lipinski definition) is 3. The molecule has 3 rings (SSSR count). The molecule has 1 aliphatic heterocycles. The second kappa shape index (κ2) is 8.24. The molecule has 5 nitrogen and oxygen atoms in total. The van der Waals surface area contributed by atoms with Gasteiger partial charge in [0.15, 0.2) is 6.10 Å².